The van der Waals surface area contributed by atoms with Gasteiger partial charge in [0.05, 0.1) is 12.2 Å². The van der Waals surface area contributed by atoms with Gasteiger partial charge in [-0.05, 0) is 24.8 Å². The molecule has 0 unspecified atom stereocenters. The Morgan fingerprint density at radius 1 is 1.20 bits per heavy atom. The van der Waals surface area contributed by atoms with Crippen LogP contribution in [0.2, 0.25) is 0 Å². The molecule has 3 aliphatic carbocycles. The van der Waals surface area contributed by atoms with E-state index in [9.17, 15) is 25.2 Å². The minimum absolute atomic E-state index is 0.0320. The minimum Gasteiger partial charge on any atom is -0.504 e. The number of allylic oxidation sites excluding steroid dienone is 3. The first-order valence-corrected chi connectivity index (χ1v) is 8.79. The Kier molecular flexibility index (Phi) is 3.71. The minimum atomic E-state index is -1.80. The Balaban J connectivity index is 2.36. The van der Waals surface area contributed by atoms with Crippen LogP contribution in [0.1, 0.15) is 47.0 Å². The fraction of sp³-hybridized carbons (Fsp3) is 0.650. The van der Waals surface area contributed by atoms with Crippen LogP contribution in [0.25, 0.3) is 0 Å². The number of carbonyl (C=O) groups excluding carboxylic acids is 1. The Morgan fingerprint density at radius 2 is 1.80 bits per heavy atom. The van der Waals surface area contributed by atoms with E-state index in [0.717, 1.165) is 0 Å². The van der Waals surface area contributed by atoms with E-state index in [1.54, 1.807) is 32.9 Å². The number of aliphatic hydroxyl groups excluding tert-OH is 3. The van der Waals surface area contributed by atoms with Gasteiger partial charge in [-0.25, -0.2) is 0 Å². The Labute approximate surface area is 148 Å². The number of hydrogen-bond donors (Lipinski definition) is 4. The molecule has 5 heteroatoms. The fourth-order valence-corrected chi connectivity index (χ4v) is 5.27. The second kappa shape index (κ2) is 5.06. The zero-order valence-corrected chi connectivity index (χ0v) is 15.3. The lowest BCUT2D eigenvalue weighted by molar-refractivity contribution is -0.165. The molecule has 4 N–H and O–H groups in total. The van der Waals surface area contributed by atoms with Gasteiger partial charge in [0, 0.05) is 21.8 Å². The van der Waals surface area contributed by atoms with E-state index in [0.29, 0.717) is 18.4 Å². The van der Waals surface area contributed by atoms with E-state index >= 15 is 0 Å². The molecule has 138 valence electrons. The van der Waals surface area contributed by atoms with Crippen LogP contribution in [0.3, 0.4) is 0 Å². The van der Waals surface area contributed by atoms with Crippen LogP contribution in [0.4, 0.5) is 0 Å². The lowest BCUT2D eigenvalue weighted by atomic mass is 9.46. The highest BCUT2D eigenvalue weighted by Gasteiger charge is 2.67. The second-order valence-corrected chi connectivity index (χ2v) is 8.92. The summed E-state index contributed by atoms with van der Waals surface area (Å²) in [6.45, 7) is 10.9. The highest BCUT2D eigenvalue weighted by Crippen LogP contribution is 2.63. The first-order chi connectivity index (χ1) is 11.3. The molecule has 0 heterocycles. The zero-order chi connectivity index (χ0) is 19.0. The molecular formula is C20H28O5. The molecule has 0 spiro atoms. The van der Waals surface area contributed by atoms with Gasteiger partial charge in [0.1, 0.15) is 5.60 Å². The highest BCUT2D eigenvalue weighted by atomic mass is 16.3. The lowest BCUT2D eigenvalue weighted by Gasteiger charge is -2.61. The number of Topliss-reactive ketones (excluding diaryl/α,β-unsaturated/α-hetero) is 1. The largest absolute Gasteiger partial charge is 0.504 e. The summed E-state index contributed by atoms with van der Waals surface area (Å²) in [4.78, 5) is 12.9. The van der Waals surface area contributed by atoms with Crippen LogP contribution in [0, 0.1) is 16.2 Å². The maximum atomic E-state index is 12.9. The normalized spacial score (nSPS) is 46.2. The standard InChI is InChI=1S/C20H28O5/c1-6-18(4)9-11-14(23)15(24)16-17(2,3)12(21)7-8-19(16,5)20(11,25)13(22)10-18/h6,9,12-13,21-22,24-25H,1,7-8,10H2,2-5H3/t12-,13+,18+,19-,20-/m0/s1. The summed E-state index contributed by atoms with van der Waals surface area (Å²) in [5, 5.41) is 43.7. The molecule has 5 atom stereocenters. The summed E-state index contributed by atoms with van der Waals surface area (Å²) in [6, 6.07) is 0. The van der Waals surface area contributed by atoms with Crippen molar-refractivity contribution in [1.29, 1.82) is 0 Å². The van der Waals surface area contributed by atoms with Gasteiger partial charge >= 0.3 is 0 Å². The van der Waals surface area contributed by atoms with Crippen molar-refractivity contribution < 1.29 is 25.2 Å². The van der Waals surface area contributed by atoms with Crippen molar-refractivity contribution in [1.82, 2.24) is 0 Å². The predicted octanol–water partition coefficient (Wildman–Crippen LogP) is 2.18. The number of fused-ring (bicyclic) bond motifs is 3. The molecule has 0 radical (unpaired) electrons. The first kappa shape index (κ1) is 18.4. The first-order valence-electron chi connectivity index (χ1n) is 8.79. The molecule has 5 nitrogen and oxygen atoms in total. The Hall–Kier alpha value is -1.43. The van der Waals surface area contributed by atoms with E-state index in [1.807, 2.05) is 6.92 Å². The summed E-state index contributed by atoms with van der Waals surface area (Å²) in [5.74, 6) is -1.09. The van der Waals surface area contributed by atoms with Crippen LogP contribution in [-0.2, 0) is 4.79 Å². The quantitative estimate of drug-likeness (QED) is 0.545. The number of ketones is 1. The molecule has 1 fully saturated rings. The topological polar surface area (TPSA) is 98.0 Å². The average Bonchev–Trinajstić information content (AvgIpc) is 2.52. The second-order valence-electron chi connectivity index (χ2n) is 8.92. The molecule has 1 saturated carbocycles. The predicted molar refractivity (Wildman–Crippen MR) is 93.8 cm³/mol. The van der Waals surface area contributed by atoms with Crippen molar-refractivity contribution in [3.8, 4) is 0 Å². The Bertz CT molecular complexity index is 718. The lowest BCUT2D eigenvalue weighted by Crippen LogP contribution is -2.67. The third kappa shape index (κ3) is 2.03. The molecule has 0 amide bonds. The molecule has 0 aromatic carbocycles. The van der Waals surface area contributed by atoms with E-state index in [2.05, 4.69) is 6.58 Å². The van der Waals surface area contributed by atoms with Crippen LogP contribution in [0.5, 0.6) is 0 Å². The summed E-state index contributed by atoms with van der Waals surface area (Å²) in [5.41, 5.74) is -4.00. The molecule has 3 rings (SSSR count). The van der Waals surface area contributed by atoms with Crippen molar-refractivity contribution >= 4 is 5.78 Å². The Morgan fingerprint density at radius 3 is 2.36 bits per heavy atom. The SMILES string of the molecule is C=C[C@]1(C)C=C2C(=O)C(O)=C3C(C)(C)[C@@H](O)CC[C@]3(C)[C@@]2(O)[C@H](O)C1. The summed E-state index contributed by atoms with van der Waals surface area (Å²) < 4.78 is 0. The van der Waals surface area contributed by atoms with Crippen LogP contribution >= 0.6 is 0 Å². The summed E-state index contributed by atoms with van der Waals surface area (Å²) >= 11 is 0. The van der Waals surface area contributed by atoms with Crippen molar-refractivity contribution in [2.75, 3.05) is 0 Å². The van der Waals surface area contributed by atoms with Gasteiger partial charge in [-0.15, -0.1) is 6.58 Å². The van der Waals surface area contributed by atoms with E-state index < -0.39 is 45.6 Å². The zero-order valence-electron chi connectivity index (χ0n) is 15.3. The number of carbonyl (C=O) groups is 1. The van der Waals surface area contributed by atoms with Crippen LogP contribution in [-0.4, -0.2) is 44.0 Å². The van der Waals surface area contributed by atoms with Gasteiger partial charge in [0.2, 0.25) is 5.78 Å². The maximum Gasteiger partial charge on any atom is 0.226 e. The van der Waals surface area contributed by atoms with Gasteiger partial charge in [-0.1, -0.05) is 39.8 Å². The number of aliphatic hydroxyl groups is 4. The molecule has 0 saturated heterocycles. The van der Waals surface area contributed by atoms with Crippen molar-refractivity contribution in [3.05, 3.63) is 35.6 Å². The van der Waals surface area contributed by atoms with Gasteiger partial charge < -0.3 is 20.4 Å². The van der Waals surface area contributed by atoms with E-state index in [4.69, 9.17) is 0 Å². The molecule has 3 aliphatic rings. The van der Waals surface area contributed by atoms with Crippen molar-refractivity contribution in [2.45, 2.75) is 64.8 Å². The van der Waals surface area contributed by atoms with Crippen molar-refractivity contribution in [2.24, 2.45) is 16.2 Å². The molecule has 0 aromatic rings. The van der Waals surface area contributed by atoms with E-state index in [1.165, 1.54) is 0 Å². The van der Waals surface area contributed by atoms with E-state index in [-0.39, 0.29) is 12.0 Å². The molecule has 0 aliphatic heterocycles. The van der Waals surface area contributed by atoms with Crippen molar-refractivity contribution in [3.63, 3.8) is 0 Å². The molecule has 0 aromatic heterocycles. The fourth-order valence-electron chi connectivity index (χ4n) is 5.27. The van der Waals surface area contributed by atoms with Crippen LogP contribution in [0.15, 0.2) is 35.6 Å². The molecule has 25 heavy (non-hydrogen) atoms. The molecular weight excluding hydrogens is 320 g/mol. The highest BCUT2D eigenvalue weighted by molar-refractivity contribution is 6.10. The third-order valence-corrected chi connectivity index (χ3v) is 6.95. The maximum absolute atomic E-state index is 12.9. The van der Waals surface area contributed by atoms with Gasteiger partial charge in [-0.2, -0.15) is 0 Å². The third-order valence-electron chi connectivity index (χ3n) is 6.95. The molecule has 0 bridgehead atoms. The van der Waals surface area contributed by atoms with Gasteiger partial charge in [-0.3, -0.25) is 4.79 Å². The monoisotopic (exact) mass is 348 g/mol. The summed E-state index contributed by atoms with van der Waals surface area (Å²) in [7, 11) is 0. The van der Waals surface area contributed by atoms with Crippen LogP contribution < -0.4 is 0 Å². The summed E-state index contributed by atoms with van der Waals surface area (Å²) in [6.07, 6.45) is 2.36. The smallest absolute Gasteiger partial charge is 0.226 e. The van der Waals surface area contributed by atoms with Gasteiger partial charge in [0.15, 0.2) is 5.76 Å². The average molecular weight is 348 g/mol. The van der Waals surface area contributed by atoms with Gasteiger partial charge in [0.25, 0.3) is 0 Å². The number of hydrogen-bond acceptors (Lipinski definition) is 5. The number of rotatable bonds is 1.